The van der Waals surface area contributed by atoms with Crippen LogP contribution < -0.4 is 10.5 Å². The number of ketones is 3. The summed E-state index contributed by atoms with van der Waals surface area (Å²) in [5.74, 6) is -5.37. The van der Waals surface area contributed by atoms with Crippen molar-refractivity contribution in [2.45, 2.75) is 75.0 Å². The SMILES string of the molecule is COc1cccc2c1C(=O)c1c(O)c3c(c(O)c1C2=O)C[C@@](O)(C(=O)COC(=O)c1ccc(CC(CO[N+](=O)[O-])O[N+](=O)[O-])cc1)C[C@@H]3O[C@H]1C[C@H](N)[C@H](O)[C@H](C)O1.Cl. The van der Waals surface area contributed by atoms with E-state index >= 15 is 0 Å². The molecule has 3 aliphatic rings. The van der Waals surface area contributed by atoms with Gasteiger partial charge < -0.3 is 54.8 Å². The van der Waals surface area contributed by atoms with Gasteiger partial charge in [0.05, 0.1) is 47.7 Å². The minimum Gasteiger partial charge on any atom is -0.507 e. The van der Waals surface area contributed by atoms with Crippen LogP contribution in [0.4, 0.5) is 0 Å². The molecule has 6 N–H and O–H groups in total. The number of hydrogen-bond donors (Lipinski definition) is 5. The van der Waals surface area contributed by atoms with E-state index in [1.807, 2.05) is 0 Å². The third-order valence-corrected chi connectivity index (χ3v) is 10.3. The number of nitrogens with zero attached hydrogens (tertiary/aromatic N) is 2. The summed E-state index contributed by atoms with van der Waals surface area (Å²) in [6.07, 6.45) is -7.65. The Morgan fingerprint density at radius 3 is 2.32 bits per heavy atom. The second-order valence-electron chi connectivity index (χ2n) is 13.9. The topological polar surface area (TPSA) is 317 Å². The van der Waals surface area contributed by atoms with Crippen LogP contribution in [0.1, 0.15) is 84.8 Å². The highest BCUT2D eigenvalue weighted by Gasteiger charge is 2.50. The zero-order valence-electron chi connectivity index (χ0n) is 31.1. The zero-order chi connectivity index (χ0) is 42.2. The predicted molar refractivity (Wildman–Crippen MR) is 197 cm³/mol. The number of fused-ring (bicyclic) bond motifs is 3. The second-order valence-corrected chi connectivity index (χ2v) is 13.9. The van der Waals surface area contributed by atoms with Crippen LogP contribution in [-0.4, -0.2) is 110 Å². The van der Waals surface area contributed by atoms with Gasteiger partial charge in [0, 0.05) is 48.4 Å². The zero-order valence-corrected chi connectivity index (χ0v) is 31.9. The molecule has 0 saturated carbocycles. The first-order valence-electron chi connectivity index (χ1n) is 17.7. The molecule has 0 bridgehead atoms. The fourth-order valence-corrected chi connectivity index (χ4v) is 7.38. The van der Waals surface area contributed by atoms with Gasteiger partial charge in [0.1, 0.15) is 35.6 Å². The van der Waals surface area contributed by atoms with Crippen molar-refractivity contribution in [2.75, 3.05) is 20.3 Å². The van der Waals surface area contributed by atoms with Gasteiger partial charge in [-0.2, -0.15) is 0 Å². The molecule has 1 aliphatic heterocycles. The number of methoxy groups -OCH3 is 1. The van der Waals surface area contributed by atoms with Crippen molar-refractivity contribution in [1.29, 1.82) is 0 Å². The molecule has 0 amide bonds. The van der Waals surface area contributed by atoms with Crippen LogP contribution in [0.15, 0.2) is 42.5 Å². The monoisotopic (exact) mass is 847 g/mol. The standard InChI is InChI=1S/C37H37N3O18.ClH/c1-16-31(42)22(38)11-26(56-16)57-24-13-37(48,25(41)15-54-36(47)18-8-6-17(7-9-18)10-19(58-40(51)52)14-55-39(49)50)12-21-28(24)35(46)30-29(33(21)44)32(43)20-4-3-5-23(53-2)27(20)34(30)45;/h3-9,16,19,22,24,26,31,42,44,46,48H,10-15,38H2,1-2H3;1H/t16-,19?,22-,24-,26-,31+,37-;/m0./s1. The summed E-state index contributed by atoms with van der Waals surface area (Å²) < 4.78 is 22.4. The number of halogens is 1. The van der Waals surface area contributed by atoms with Crippen LogP contribution >= 0.6 is 12.4 Å². The van der Waals surface area contributed by atoms with Gasteiger partial charge in [-0.05, 0) is 30.7 Å². The maximum Gasteiger partial charge on any atom is 0.338 e. The molecule has 3 aromatic carbocycles. The number of rotatable bonds is 14. The molecule has 3 aromatic rings. The fraction of sp³-hybridized carbons (Fsp3) is 0.405. The van der Waals surface area contributed by atoms with Crippen molar-refractivity contribution in [3.8, 4) is 17.2 Å². The van der Waals surface area contributed by atoms with E-state index in [4.69, 9.17) is 24.7 Å². The highest BCUT2D eigenvalue weighted by Crippen LogP contribution is 2.52. The number of carbonyl (C=O) groups is 4. The molecule has 316 valence electrons. The summed E-state index contributed by atoms with van der Waals surface area (Å²) >= 11 is 0. The lowest BCUT2D eigenvalue weighted by Crippen LogP contribution is -2.53. The molecule has 1 unspecified atom stereocenters. The van der Waals surface area contributed by atoms with E-state index < -0.39 is 125 Å². The molecule has 6 rings (SSSR count). The van der Waals surface area contributed by atoms with Crippen LogP contribution in [0.5, 0.6) is 17.2 Å². The maximum absolute atomic E-state index is 13.9. The van der Waals surface area contributed by atoms with Crippen molar-refractivity contribution in [3.63, 3.8) is 0 Å². The molecule has 0 aromatic heterocycles. The Morgan fingerprint density at radius 1 is 1.02 bits per heavy atom. The number of Topliss-reactive ketones (excluding diaryl/α,β-unsaturated/α-hetero) is 1. The smallest absolute Gasteiger partial charge is 0.338 e. The highest BCUT2D eigenvalue weighted by molar-refractivity contribution is 6.31. The second kappa shape index (κ2) is 17.5. The lowest BCUT2D eigenvalue weighted by Gasteiger charge is -2.42. The van der Waals surface area contributed by atoms with Crippen molar-refractivity contribution in [3.05, 3.63) is 107 Å². The number of benzene rings is 3. The summed E-state index contributed by atoms with van der Waals surface area (Å²) in [6.45, 7) is -0.242. The van der Waals surface area contributed by atoms with E-state index in [-0.39, 0.29) is 58.8 Å². The molecule has 1 fully saturated rings. The van der Waals surface area contributed by atoms with Crippen molar-refractivity contribution in [1.82, 2.24) is 0 Å². The molecule has 59 heavy (non-hydrogen) atoms. The third-order valence-electron chi connectivity index (χ3n) is 10.3. The van der Waals surface area contributed by atoms with E-state index in [2.05, 4.69) is 9.68 Å². The lowest BCUT2D eigenvalue weighted by atomic mass is 9.72. The number of aromatic hydroxyl groups is 2. The van der Waals surface area contributed by atoms with E-state index in [0.29, 0.717) is 5.56 Å². The van der Waals surface area contributed by atoms with Gasteiger partial charge in [0.25, 0.3) is 10.2 Å². The minimum absolute atomic E-state index is 0. The number of phenolic OH excluding ortho intramolecular Hbond substituents is 2. The van der Waals surface area contributed by atoms with Crippen LogP contribution in [-0.2, 0) is 41.5 Å². The molecule has 21 nitrogen and oxygen atoms in total. The van der Waals surface area contributed by atoms with E-state index in [1.54, 1.807) is 0 Å². The number of hydrogen-bond acceptors (Lipinski definition) is 19. The molecule has 0 radical (unpaired) electrons. The Hall–Kier alpha value is -5.97. The molecule has 2 aliphatic carbocycles. The lowest BCUT2D eigenvalue weighted by molar-refractivity contribution is -0.789. The summed E-state index contributed by atoms with van der Waals surface area (Å²) in [4.78, 5) is 84.5. The van der Waals surface area contributed by atoms with E-state index in [9.17, 15) is 59.8 Å². The first kappa shape index (κ1) is 44.1. The van der Waals surface area contributed by atoms with E-state index in [1.165, 1.54) is 56.5 Å². The molecule has 22 heteroatoms. The van der Waals surface area contributed by atoms with Gasteiger partial charge in [0.15, 0.2) is 18.7 Å². The minimum atomic E-state index is -2.48. The average molecular weight is 848 g/mol. The Morgan fingerprint density at radius 2 is 1.69 bits per heavy atom. The van der Waals surface area contributed by atoms with Crippen LogP contribution in [0, 0.1) is 20.2 Å². The number of nitrogens with two attached hydrogens (primary N) is 1. The average Bonchev–Trinajstić information content (AvgIpc) is 3.17. The summed E-state index contributed by atoms with van der Waals surface area (Å²) in [7, 11) is 1.28. The van der Waals surface area contributed by atoms with Gasteiger partial charge in [-0.3, -0.25) is 14.4 Å². The van der Waals surface area contributed by atoms with Crippen molar-refractivity contribution in [2.24, 2.45) is 5.73 Å². The number of phenols is 2. The highest BCUT2D eigenvalue weighted by atomic mass is 35.5. The van der Waals surface area contributed by atoms with Gasteiger partial charge >= 0.3 is 5.97 Å². The fourth-order valence-electron chi connectivity index (χ4n) is 7.38. The van der Waals surface area contributed by atoms with E-state index in [0.717, 1.165) is 0 Å². The summed E-state index contributed by atoms with van der Waals surface area (Å²) in [6, 6.07) is 8.59. The maximum atomic E-state index is 13.9. The first-order valence-corrected chi connectivity index (χ1v) is 17.7. The van der Waals surface area contributed by atoms with Crippen LogP contribution in [0.2, 0.25) is 0 Å². The number of aliphatic hydroxyl groups excluding tert-OH is 1. The number of esters is 1. The van der Waals surface area contributed by atoms with Crippen molar-refractivity contribution < 1.29 is 78.4 Å². The Kier molecular flexibility index (Phi) is 13.1. The van der Waals surface area contributed by atoms with Gasteiger partial charge in [-0.25, -0.2) is 4.79 Å². The number of ether oxygens (including phenoxy) is 4. The molecule has 7 atom stereocenters. The van der Waals surface area contributed by atoms with Gasteiger partial charge in [0.2, 0.25) is 11.6 Å². The normalized spacial score (nSPS) is 23.6. The molecule has 1 heterocycles. The van der Waals surface area contributed by atoms with Crippen LogP contribution in [0.25, 0.3) is 0 Å². The van der Waals surface area contributed by atoms with Gasteiger partial charge in [-0.15, -0.1) is 32.6 Å². The van der Waals surface area contributed by atoms with Crippen LogP contribution in [0.3, 0.4) is 0 Å². The summed E-state index contributed by atoms with van der Waals surface area (Å²) in [5.41, 5.74) is 1.90. The molecular formula is C37H38ClN3O18. The molecular weight excluding hydrogens is 810 g/mol. The molecule has 0 spiro atoms. The summed E-state index contributed by atoms with van der Waals surface area (Å²) in [5, 5.41) is 64.8. The van der Waals surface area contributed by atoms with Gasteiger partial charge in [-0.1, -0.05) is 24.3 Å². The largest absolute Gasteiger partial charge is 0.507 e. The third kappa shape index (κ3) is 8.75. The van der Waals surface area contributed by atoms with Crippen molar-refractivity contribution >= 4 is 35.7 Å². The predicted octanol–water partition coefficient (Wildman–Crippen LogP) is 1.62. The Balaban J connectivity index is 0.00000661. The first-order chi connectivity index (χ1) is 27.4. The quantitative estimate of drug-likeness (QED) is 0.0521. The Bertz CT molecular complexity index is 2170. The molecule has 1 saturated heterocycles. The number of aliphatic hydroxyl groups is 2. The Labute approximate surface area is 339 Å². The number of carbonyl (C=O) groups excluding carboxylic acids is 4.